The average molecular weight is 241 g/mol. The van der Waals surface area contributed by atoms with Crippen molar-refractivity contribution in [3.05, 3.63) is 5.82 Å². The van der Waals surface area contributed by atoms with Gasteiger partial charge in [0.1, 0.15) is 0 Å². The number of aromatic nitrogens is 3. The molecule has 16 heavy (non-hydrogen) atoms. The van der Waals surface area contributed by atoms with Crippen LogP contribution in [0.1, 0.15) is 29.9 Å². The van der Waals surface area contributed by atoms with Gasteiger partial charge in [0.15, 0.2) is 0 Å². The highest BCUT2D eigenvalue weighted by Gasteiger charge is 2.36. The van der Waals surface area contributed by atoms with Crippen LogP contribution in [0.15, 0.2) is 0 Å². The fourth-order valence-corrected chi connectivity index (χ4v) is 2.64. The quantitative estimate of drug-likeness (QED) is 0.709. The number of hydrogen-bond acceptors (Lipinski definition) is 5. The fourth-order valence-electron chi connectivity index (χ4n) is 1.73. The first kappa shape index (κ1) is 11.3. The van der Waals surface area contributed by atoms with Crippen LogP contribution in [0.4, 0.5) is 5.95 Å². The molecular weight excluding hydrogens is 226 g/mol. The van der Waals surface area contributed by atoms with Crippen LogP contribution >= 0.6 is 11.8 Å². The number of thioether (sulfide) groups is 1. The third kappa shape index (κ3) is 2.13. The molecule has 1 heterocycles. The molecule has 7 heteroatoms. The molecule has 1 aromatic rings. The van der Waals surface area contributed by atoms with Gasteiger partial charge < -0.3 is 11.1 Å². The normalized spacial score (nSPS) is 17.8. The molecular formula is C9H15N5OS. The molecule has 88 valence electrons. The van der Waals surface area contributed by atoms with Crippen molar-refractivity contribution in [2.75, 3.05) is 18.5 Å². The fraction of sp³-hybridized carbons (Fsp3) is 0.667. The predicted molar refractivity (Wildman–Crippen MR) is 63.2 cm³/mol. The second-order valence-corrected chi connectivity index (χ2v) is 5.24. The van der Waals surface area contributed by atoms with E-state index < -0.39 is 0 Å². The Hall–Kier alpha value is -1.24. The first-order valence-corrected chi connectivity index (χ1v) is 6.39. The molecule has 2 rings (SSSR count). The summed E-state index contributed by atoms with van der Waals surface area (Å²) in [5.41, 5.74) is 5.32. The van der Waals surface area contributed by atoms with Crippen LogP contribution in [0.3, 0.4) is 0 Å². The predicted octanol–water partition coefficient (Wildman–Crippen LogP) is 0.402. The van der Waals surface area contributed by atoms with E-state index in [1.54, 1.807) is 0 Å². The lowest BCUT2D eigenvalue weighted by molar-refractivity contribution is 0.0934. The number of amides is 1. The van der Waals surface area contributed by atoms with Gasteiger partial charge in [-0.25, -0.2) is 0 Å². The van der Waals surface area contributed by atoms with Gasteiger partial charge in [0.25, 0.3) is 5.91 Å². The van der Waals surface area contributed by atoms with E-state index >= 15 is 0 Å². The second kappa shape index (κ2) is 4.32. The summed E-state index contributed by atoms with van der Waals surface area (Å²) in [6.07, 6.45) is 5.64. The van der Waals surface area contributed by atoms with Crippen LogP contribution in [0.5, 0.6) is 0 Å². The van der Waals surface area contributed by atoms with E-state index in [1.165, 1.54) is 6.42 Å². The molecule has 1 aliphatic carbocycles. The van der Waals surface area contributed by atoms with E-state index in [1.807, 2.05) is 11.8 Å². The van der Waals surface area contributed by atoms with Crippen molar-refractivity contribution < 1.29 is 4.79 Å². The summed E-state index contributed by atoms with van der Waals surface area (Å²) in [5.74, 6) is 0.0194. The number of rotatable bonds is 4. The Kier molecular flexibility index (Phi) is 3.04. The molecule has 1 fully saturated rings. The van der Waals surface area contributed by atoms with Crippen LogP contribution in [-0.4, -0.2) is 38.6 Å². The Morgan fingerprint density at radius 3 is 2.88 bits per heavy atom. The highest BCUT2D eigenvalue weighted by molar-refractivity contribution is 8.00. The third-order valence-electron chi connectivity index (χ3n) is 2.99. The molecule has 1 saturated carbocycles. The molecule has 1 aliphatic rings. The van der Waals surface area contributed by atoms with Crippen molar-refractivity contribution in [1.29, 1.82) is 0 Å². The molecule has 4 N–H and O–H groups in total. The Morgan fingerprint density at radius 2 is 2.44 bits per heavy atom. The van der Waals surface area contributed by atoms with Crippen molar-refractivity contribution in [3.8, 4) is 0 Å². The number of nitrogens with two attached hydrogens (primary N) is 1. The zero-order chi connectivity index (χ0) is 11.6. The number of aromatic amines is 1. The van der Waals surface area contributed by atoms with Crippen molar-refractivity contribution in [3.63, 3.8) is 0 Å². The number of nitrogen functional groups attached to an aromatic ring is 1. The largest absolute Gasteiger partial charge is 0.366 e. The molecule has 0 aliphatic heterocycles. The summed E-state index contributed by atoms with van der Waals surface area (Å²) in [6, 6.07) is 0. The average Bonchev–Trinajstić information content (AvgIpc) is 2.64. The third-order valence-corrected chi connectivity index (χ3v) is 4.41. The Bertz CT molecular complexity index is 381. The van der Waals surface area contributed by atoms with Gasteiger partial charge in [0.2, 0.25) is 11.8 Å². The Balaban J connectivity index is 1.88. The maximum absolute atomic E-state index is 11.7. The molecule has 0 atom stereocenters. The Labute approximate surface area is 97.8 Å². The monoisotopic (exact) mass is 241 g/mol. The number of H-pyrrole nitrogens is 1. The SMILES string of the molecule is CSC1(CNC(=O)c2nc(N)n[nH]2)CCC1. The topological polar surface area (TPSA) is 96.7 Å². The lowest BCUT2D eigenvalue weighted by atomic mass is 9.84. The van der Waals surface area contributed by atoms with Crippen LogP contribution in [0.2, 0.25) is 0 Å². The van der Waals surface area contributed by atoms with Gasteiger partial charge in [-0.2, -0.15) is 16.7 Å². The van der Waals surface area contributed by atoms with Gasteiger partial charge >= 0.3 is 0 Å². The van der Waals surface area contributed by atoms with Gasteiger partial charge in [-0.15, -0.1) is 5.10 Å². The van der Waals surface area contributed by atoms with Crippen molar-refractivity contribution in [1.82, 2.24) is 20.5 Å². The van der Waals surface area contributed by atoms with Gasteiger partial charge in [-0.3, -0.25) is 9.89 Å². The first-order valence-electron chi connectivity index (χ1n) is 5.16. The minimum absolute atomic E-state index is 0.0911. The minimum atomic E-state index is -0.246. The highest BCUT2D eigenvalue weighted by Crippen LogP contribution is 2.42. The van der Waals surface area contributed by atoms with E-state index in [0.717, 1.165) is 12.8 Å². The number of hydrogen-bond donors (Lipinski definition) is 3. The van der Waals surface area contributed by atoms with Gasteiger partial charge in [-0.05, 0) is 19.1 Å². The summed E-state index contributed by atoms with van der Waals surface area (Å²) in [5, 5.41) is 8.96. The van der Waals surface area contributed by atoms with Gasteiger partial charge in [-0.1, -0.05) is 6.42 Å². The van der Waals surface area contributed by atoms with Crippen molar-refractivity contribution in [2.45, 2.75) is 24.0 Å². The number of nitrogens with one attached hydrogen (secondary N) is 2. The zero-order valence-electron chi connectivity index (χ0n) is 9.12. The molecule has 0 unspecified atom stereocenters. The maximum Gasteiger partial charge on any atom is 0.288 e. The smallest absolute Gasteiger partial charge is 0.288 e. The number of nitrogens with zero attached hydrogens (tertiary/aromatic N) is 2. The van der Waals surface area contributed by atoms with Crippen LogP contribution < -0.4 is 11.1 Å². The highest BCUT2D eigenvalue weighted by atomic mass is 32.2. The van der Waals surface area contributed by atoms with Crippen LogP contribution in [-0.2, 0) is 0 Å². The van der Waals surface area contributed by atoms with Crippen LogP contribution in [0.25, 0.3) is 0 Å². The summed E-state index contributed by atoms with van der Waals surface area (Å²) in [6.45, 7) is 0.674. The van der Waals surface area contributed by atoms with E-state index in [2.05, 4.69) is 26.8 Å². The molecule has 0 aromatic carbocycles. The molecule has 0 spiro atoms. The van der Waals surface area contributed by atoms with Crippen molar-refractivity contribution in [2.24, 2.45) is 0 Å². The number of carbonyl (C=O) groups excluding carboxylic acids is 1. The summed E-state index contributed by atoms with van der Waals surface area (Å²) < 4.78 is 0.223. The summed E-state index contributed by atoms with van der Waals surface area (Å²) >= 11 is 1.82. The van der Waals surface area contributed by atoms with Gasteiger partial charge in [0.05, 0.1) is 0 Å². The second-order valence-electron chi connectivity index (χ2n) is 3.97. The van der Waals surface area contributed by atoms with Gasteiger partial charge in [0, 0.05) is 11.3 Å². The molecule has 0 saturated heterocycles. The lowest BCUT2D eigenvalue weighted by Gasteiger charge is -2.40. The maximum atomic E-state index is 11.7. The standard InChI is InChI=1S/C9H15N5OS/c1-16-9(3-2-4-9)5-11-7(15)6-12-8(10)14-13-6/h2-5H2,1H3,(H,11,15)(H3,10,12,13,14). The van der Waals surface area contributed by atoms with E-state index in [4.69, 9.17) is 5.73 Å². The number of carbonyl (C=O) groups is 1. The van der Waals surface area contributed by atoms with E-state index in [9.17, 15) is 4.79 Å². The molecule has 1 amide bonds. The van der Waals surface area contributed by atoms with E-state index in [0.29, 0.717) is 6.54 Å². The first-order chi connectivity index (χ1) is 7.65. The zero-order valence-corrected chi connectivity index (χ0v) is 9.93. The summed E-state index contributed by atoms with van der Waals surface area (Å²) in [7, 11) is 0. The number of anilines is 1. The minimum Gasteiger partial charge on any atom is -0.366 e. The van der Waals surface area contributed by atoms with Crippen molar-refractivity contribution >= 4 is 23.6 Å². The molecule has 0 radical (unpaired) electrons. The Morgan fingerprint density at radius 1 is 1.69 bits per heavy atom. The molecule has 1 aromatic heterocycles. The lowest BCUT2D eigenvalue weighted by Crippen LogP contribution is -2.45. The van der Waals surface area contributed by atoms with Crippen LogP contribution in [0, 0.1) is 0 Å². The summed E-state index contributed by atoms with van der Waals surface area (Å²) in [4.78, 5) is 15.4. The van der Waals surface area contributed by atoms with E-state index in [-0.39, 0.29) is 22.4 Å². The molecule has 6 nitrogen and oxygen atoms in total. The molecule has 0 bridgehead atoms.